The van der Waals surface area contributed by atoms with Gasteiger partial charge in [-0.1, -0.05) is 23.2 Å². The van der Waals surface area contributed by atoms with Crippen molar-refractivity contribution in [1.29, 1.82) is 0 Å². The van der Waals surface area contributed by atoms with Crippen LogP contribution in [0.1, 0.15) is 31.2 Å². The summed E-state index contributed by atoms with van der Waals surface area (Å²) in [5.74, 6) is 0. The van der Waals surface area contributed by atoms with Crippen LogP contribution in [0.3, 0.4) is 0 Å². The van der Waals surface area contributed by atoms with Crippen LogP contribution >= 0.6 is 23.2 Å². The monoisotopic (exact) mass is 259 g/mol. The minimum absolute atomic E-state index is 0.124. The van der Waals surface area contributed by atoms with E-state index < -0.39 is 5.54 Å². The van der Waals surface area contributed by atoms with Gasteiger partial charge in [0.1, 0.15) is 0 Å². The Morgan fingerprint density at radius 1 is 1.31 bits per heavy atom. The van der Waals surface area contributed by atoms with E-state index in [1.807, 2.05) is 0 Å². The lowest BCUT2D eigenvalue weighted by molar-refractivity contribution is 0.273. The third-order valence-corrected chi connectivity index (χ3v) is 3.75. The lowest BCUT2D eigenvalue weighted by Gasteiger charge is -2.37. The van der Waals surface area contributed by atoms with E-state index >= 15 is 0 Å². The zero-order valence-electron chi connectivity index (χ0n) is 8.92. The molecule has 1 fully saturated rings. The molecule has 2 rings (SSSR count). The van der Waals surface area contributed by atoms with Gasteiger partial charge >= 0.3 is 0 Å². The Bertz CT molecular complexity index is 377. The minimum atomic E-state index is -0.505. The van der Waals surface area contributed by atoms with Gasteiger partial charge in [0.25, 0.3) is 0 Å². The summed E-state index contributed by atoms with van der Waals surface area (Å²) < 4.78 is 0. The third kappa shape index (κ3) is 2.18. The fraction of sp³-hybridized carbons (Fsp3) is 0.545. The molecule has 1 aromatic rings. The zero-order chi connectivity index (χ0) is 11.8. The van der Waals surface area contributed by atoms with Crippen molar-refractivity contribution in [3.05, 3.63) is 28.0 Å². The van der Waals surface area contributed by atoms with Crippen molar-refractivity contribution >= 4 is 23.2 Å². The first kappa shape index (κ1) is 12.1. The van der Waals surface area contributed by atoms with E-state index in [4.69, 9.17) is 34.7 Å². The fourth-order valence-corrected chi connectivity index (χ4v) is 3.21. The van der Waals surface area contributed by atoms with Crippen LogP contribution in [0.15, 0.2) is 12.4 Å². The van der Waals surface area contributed by atoms with Gasteiger partial charge in [-0.05, 0) is 25.7 Å². The van der Waals surface area contributed by atoms with Gasteiger partial charge < -0.3 is 11.5 Å². The molecule has 2 unspecified atom stereocenters. The summed E-state index contributed by atoms with van der Waals surface area (Å²) in [5, 5.41) is 1.06. The molecule has 16 heavy (non-hydrogen) atoms. The highest BCUT2D eigenvalue weighted by molar-refractivity contribution is 6.36. The Hall–Kier alpha value is -0.350. The van der Waals surface area contributed by atoms with Crippen molar-refractivity contribution in [2.45, 2.75) is 37.3 Å². The SMILES string of the molecule is NC1CCCC(N)(c2c(Cl)cncc2Cl)C1. The predicted molar refractivity (Wildman–Crippen MR) is 66.6 cm³/mol. The Balaban J connectivity index is 2.42. The number of nitrogens with two attached hydrogens (primary N) is 2. The van der Waals surface area contributed by atoms with Crippen LogP contribution in [0.4, 0.5) is 0 Å². The normalized spacial score (nSPS) is 30.4. The number of pyridine rings is 1. The maximum atomic E-state index is 6.40. The van der Waals surface area contributed by atoms with Crippen molar-refractivity contribution < 1.29 is 0 Å². The summed E-state index contributed by atoms with van der Waals surface area (Å²) in [6, 6.07) is 0.124. The van der Waals surface area contributed by atoms with Gasteiger partial charge in [0.05, 0.1) is 10.0 Å². The molecule has 4 N–H and O–H groups in total. The highest BCUT2D eigenvalue weighted by Gasteiger charge is 2.36. The molecule has 5 heteroatoms. The van der Waals surface area contributed by atoms with Gasteiger partial charge in [0.15, 0.2) is 0 Å². The Kier molecular flexibility index (Phi) is 3.40. The number of nitrogens with zero attached hydrogens (tertiary/aromatic N) is 1. The van der Waals surface area contributed by atoms with Crippen LogP contribution < -0.4 is 11.5 Å². The summed E-state index contributed by atoms with van der Waals surface area (Å²) in [6.07, 6.45) is 6.77. The molecule has 0 aliphatic heterocycles. The van der Waals surface area contributed by atoms with E-state index in [1.54, 1.807) is 12.4 Å². The molecule has 0 spiro atoms. The maximum Gasteiger partial charge on any atom is 0.0654 e. The molecule has 1 heterocycles. The molecule has 1 saturated carbocycles. The average Bonchev–Trinajstić information content (AvgIpc) is 2.16. The van der Waals surface area contributed by atoms with Crippen molar-refractivity contribution in [3.63, 3.8) is 0 Å². The van der Waals surface area contributed by atoms with Crippen LogP contribution in [0.2, 0.25) is 10.0 Å². The van der Waals surface area contributed by atoms with Crippen molar-refractivity contribution in [3.8, 4) is 0 Å². The van der Waals surface area contributed by atoms with E-state index in [2.05, 4.69) is 4.98 Å². The summed E-state index contributed by atoms with van der Waals surface area (Å²) in [4.78, 5) is 3.94. The molecule has 0 radical (unpaired) electrons. The molecule has 2 atom stereocenters. The van der Waals surface area contributed by atoms with Crippen LogP contribution in [0.5, 0.6) is 0 Å². The lowest BCUT2D eigenvalue weighted by atomic mass is 9.76. The van der Waals surface area contributed by atoms with Gasteiger partial charge in [0.2, 0.25) is 0 Å². The van der Waals surface area contributed by atoms with E-state index in [0.717, 1.165) is 31.2 Å². The van der Waals surface area contributed by atoms with Crippen LogP contribution in [0, 0.1) is 0 Å². The Labute approximate surface area is 105 Å². The largest absolute Gasteiger partial charge is 0.328 e. The van der Waals surface area contributed by atoms with E-state index in [9.17, 15) is 0 Å². The van der Waals surface area contributed by atoms with Gasteiger partial charge in [-0.3, -0.25) is 4.98 Å². The fourth-order valence-electron chi connectivity index (χ4n) is 2.47. The molecular formula is C11H15Cl2N3. The maximum absolute atomic E-state index is 6.40. The molecule has 1 aliphatic rings. The van der Waals surface area contributed by atoms with Gasteiger partial charge in [-0.25, -0.2) is 0 Å². The summed E-state index contributed by atoms with van der Waals surface area (Å²) in [6.45, 7) is 0. The second kappa shape index (κ2) is 4.49. The van der Waals surface area contributed by atoms with E-state index in [0.29, 0.717) is 10.0 Å². The zero-order valence-corrected chi connectivity index (χ0v) is 10.4. The number of halogens is 2. The predicted octanol–water partition coefficient (Wildman–Crippen LogP) is 2.44. The lowest BCUT2D eigenvalue weighted by Crippen LogP contribution is -2.46. The van der Waals surface area contributed by atoms with Crippen LogP contribution in [-0.2, 0) is 5.54 Å². The highest BCUT2D eigenvalue weighted by atomic mass is 35.5. The number of rotatable bonds is 1. The summed E-state index contributed by atoms with van der Waals surface area (Å²) in [7, 11) is 0. The Morgan fingerprint density at radius 3 is 2.50 bits per heavy atom. The van der Waals surface area contributed by atoms with Crippen molar-refractivity contribution in [2.75, 3.05) is 0 Å². The molecule has 0 saturated heterocycles. The topological polar surface area (TPSA) is 64.9 Å². The molecule has 1 aromatic heterocycles. The molecule has 0 bridgehead atoms. The van der Waals surface area contributed by atoms with Gasteiger partial charge in [-0.2, -0.15) is 0 Å². The van der Waals surface area contributed by atoms with E-state index in [1.165, 1.54) is 0 Å². The first-order chi connectivity index (χ1) is 7.53. The number of hydrogen-bond acceptors (Lipinski definition) is 3. The molecule has 88 valence electrons. The Morgan fingerprint density at radius 2 is 1.94 bits per heavy atom. The van der Waals surface area contributed by atoms with Crippen molar-refractivity contribution in [1.82, 2.24) is 4.98 Å². The number of hydrogen-bond donors (Lipinski definition) is 2. The van der Waals surface area contributed by atoms with Crippen molar-refractivity contribution in [2.24, 2.45) is 11.5 Å². The average molecular weight is 260 g/mol. The molecular weight excluding hydrogens is 245 g/mol. The van der Waals surface area contributed by atoms with Gasteiger partial charge in [-0.15, -0.1) is 0 Å². The minimum Gasteiger partial charge on any atom is -0.328 e. The van der Waals surface area contributed by atoms with Gasteiger partial charge in [0, 0.05) is 29.5 Å². The molecule has 0 amide bonds. The molecule has 0 aromatic carbocycles. The smallest absolute Gasteiger partial charge is 0.0654 e. The summed E-state index contributed by atoms with van der Waals surface area (Å²) >= 11 is 12.3. The second-order valence-corrected chi connectivity index (χ2v) is 5.31. The quantitative estimate of drug-likeness (QED) is 0.815. The summed E-state index contributed by atoms with van der Waals surface area (Å²) in [5.41, 5.74) is 12.6. The molecule has 3 nitrogen and oxygen atoms in total. The standard InChI is InChI=1S/C11H15Cl2N3/c12-8-5-16-6-9(13)10(8)11(15)3-1-2-7(14)4-11/h5-7H,1-4,14-15H2. The third-order valence-electron chi connectivity index (χ3n) is 3.18. The second-order valence-electron chi connectivity index (χ2n) is 4.49. The highest BCUT2D eigenvalue weighted by Crippen LogP contribution is 2.40. The number of aromatic nitrogens is 1. The first-order valence-corrected chi connectivity index (χ1v) is 6.12. The van der Waals surface area contributed by atoms with Crippen LogP contribution in [-0.4, -0.2) is 11.0 Å². The van der Waals surface area contributed by atoms with Crippen LogP contribution in [0.25, 0.3) is 0 Å². The van der Waals surface area contributed by atoms with E-state index in [-0.39, 0.29) is 6.04 Å². The first-order valence-electron chi connectivity index (χ1n) is 5.37. The molecule has 1 aliphatic carbocycles.